The van der Waals surface area contributed by atoms with Crippen LogP contribution in [0, 0.1) is 6.92 Å². The number of benzene rings is 2. The Labute approximate surface area is 133 Å². The van der Waals surface area contributed by atoms with Crippen LogP contribution in [0.15, 0.2) is 46.9 Å². The van der Waals surface area contributed by atoms with Gasteiger partial charge in [-0.2, -0.15) is 0 Å². The van der Waals surface area contributed by atoms with Gasteiger partial charge in [0.1, 0.15) is 12.4 Å². The summed E-state index contributed by atoms with van der Waals surface area (Å²) in [6.45, 7) is 2.46. The number of hydrogen-bond acceptors (Lipinski definition) is 5. The molecule has 23 heavy (non-hydrogen) atoms. The summed E-state index contributed by atoms with van der Waals surface area (Å²) in [4.78, 5) is 0. The Balaban J connectivity index is 1.67. The molecule has 0 fully saturated rings. The summed E-state index contributed by atoms with van der Waals surface area (Å²) < 4.78 is 11.6. The molecule has 2 heterocycles. The molecule has 0 atom stereocenters. The lowest BCUT2D eigenvalue weighted by atomic mass is 10.1. The fourth-order valence-corrected chi connectivity index (χ4v) is 2.49. The lowest BCUT2D eigenvalue weighted by Gasteiger charge is -2.16. The average molecular weight is 305 g/mol. The van der Waals surface area contributed by atoms with Crippen LogP contribution in [0.1, 0.15) is 17.0 Å². The second-order valence-corrected chi connectivity index (χ2v) is 5.53. The molecule has 1 aliphatic rings. The first kappa shape index (κ1) is 13.6. The van der Waals surface area contributed by atoms with Crippen LogP contribution in [-0.4, -0.2) is 16.8 Å². The predicted octanol–water partition coefficient (Wildman–Crippen LogP) is 3.56. The molecule has 5 heteroatoms. The van der Waals surface area contributed by atoms with E-state index in [1.165, 1.54) is 5.56 Å². The smallest absolute Gasteiger partial charge is 0.248 e. The lowest BCUT2D eigenvalue weighted by molar-refractivity contribution is 0.360. The Morgan fingerprint density at radius 1 is 1.00 bits per heavy atom. The molecule has 114 valence electrons. The zero-order valence-electron chi connectivity index (χ0n) is 12.6. The number of aryl methyl sites for hydroxylation is 1. The first-order valence-corrected chi connectivity index (χ1v) is 7.33. The number of anilines is 1. The zero-order valence-corrected chi connectivity index (χ0v) is 12.6. The van der Waals surface area contributed by atoms with Gasteiger partial charge in [0.25, 0.3) is 0 Å². The van der Waals surface area contributed by atoms with Crippen molar-refractivity contribution in [2.24, 2.45) is 0 Å². The van der Waals surface area contributed by atoms with E-state index in [2.05, 4.69) is 16.3 Å². The highest BCUT2D eigenvalue weighted by Crippen LogP contribution is 2.31. The van der Waals surface area contributed by atoms with Gasteiger partial charge in [-0.05, 0) is 48.9 Å². The highest BCUT2D eigenvalue weighted by Gasteiger charge is 2.18. The molecule has 2 aromatic carbocycles. The summed E-state index contributed by atoms with van der Waals surface area (Å²) in [5.74, 6) is 1.82. The summed E-state index contributed by atoms with van der Waals surface area (Å²) >= 11 is 0. The molecule has 1 aromatic heterocycles. The molecule has 0 aliphatic carbocycles. The monoisotopic (exact) mass is 305 g/mol. The summed E-state index contributed by atoms with van der Waals surface area (Å²) in [6, 6.07) is 13.4. The molecule has 0 unspecified atom stereocenters. The van der Waals surface area contributed by atoms with E-state index in [9.17, 15) is 0 Å². The molecule has 5 nitrogen and oxygen atoms in total. The van der Waals surface area contributed by atoms with Crippen molar-refractivity contribution in [3.63, 3.8) is 0 Å². The van der Waals surface area contributed by atoms with Crippen LogP contribution in [0.4, 0.5) is 5.69 Å². The van der Waals surface area contributed by atoms with Gasteiger partial charge in [0.05, 0.1) is 5.57 Å². The third-order valence-electron chi connectivity index (χ3n) is 3.74. The Morgan fingerprint density at radius 2 is 1.78 bits per heavy atom. The third kappa shape index (κ3) is 2.57. The van der Waals surface area contributed by atoms with Gasteiger partial charge in [-0.1, -0.05) is 12.1 Å². The molecule has 3 aromatic rings. The van der Waals surface area contributed by atoms with E-state index in [0.29, 0.717) is 24.1 Å². The Kier molecular flexibility index (Phi) is 3.12. The fourth-order valence-electron chi connectivity index (χ4n) is 2.49. The highest BCUT2D eigenvalue weighted by molar-refractivity contribution is 5.83. The van der Waals surface area contributed by atoms with E-state index >= 15 is 0 Å². The van der Waals surface area contributed by atoms with Crippen LogP contribution in [0.2, 0.25) is 0 Å². The molecule has 0 radical (unpaired) electrons. The van der Waals surface area contributed by atoms with Gasteiger partial charge in [-0.15, -0.1) is 10.2 Å². The van der Waals surface area contributed by atoms with Gasteiger partial charge < -0.3 is 14.9 Å². The largest absolute Gasteiger partial charge is 0.488 e. The quantitative estimate of drug-likeness (QED) is 0.733. The molecule has 4 rings (SSSR count). The summed E-state index contributed by atoms with van der Waals surface area (Å²) in [7, 11) is 0. The fraction of sp³-hybridized carbons (Fsp3) is 0.111. The van der Waals surface area contributed by atoms with Gasteiger partial charge in [-0.25, -0.2) is 0 Å². The number of nitrogens with two attached hydrogens (primary N) is 1. The molecular formula is C18H15N3O2. The standard InChI is InChI=1S/C18H15N3O2/c1-11-2-3-13-9-14(10-22-16(13)8-11)18-21-20-17(23-18)12-4-6-15(19)7-5-12/h2-9H,10,19H2,1H3. The van der Waals surface area contributed by atoms with Gasteiger partial charge in [0.15, 0.2) is 0 Å². The number of nitrogen functional groups attached to an aromatic ring is 1. The maximum absolute atomic E-state index is 5.79. The number of ether oxygens (including phenoxy) is 1. The van der Waals surface area contributed by atoms with Gasteiger partial charge in [0, 0.05) is 16.8 Å². The van der Waals surface area contributed by atoms with E-state index < -0.39 is 0 Å². The van der Waals surface area contributed by atoms with Crippen molar-refractivity contribution in [2.75, 3.05) is 12.3 Å². The molecule has 1 aliphatic heterocycles. The first-order valence-electron chi connectivity index (χ1n) is 7.33. The molecule has 2 N–H and O–H groups in total. The number of rotatable bonds is 2. The van der Waals surface area contributed by atoms with Crippen LogP contribution < -0.4 is 10.5 Å². The topological polar surface area (TPSA) is 74.2 Å². The van der Waals surface area contributed by atoms with Crippen molar-refractivity contribution >= 4 is 17.3 Å². The molecule has 0 spiro atoms. The number of aromatic nitrogens is 2. The van der Waals surface area contributed by atoms with Crippen LogP contribution >= 0.6 is 0 Å². The maximum atomic E-state index is 5.79. The van der Waals surface area contributed by atoms with Crippen molar-refractivity contribution in [3.8, 4) is 17.2 Å². The van der Waals surface area contributed by atoms with Crippen molar-refractivity contribution < 1.29 is 9.15 Å². The summed E-state index contributed by atoms with van der Waals surface area (Å²) in [5, 5.41) is 8.24. The van der Waals surface area contributed by atoms with E-state index in [1.54, 1.807) is 12.1 Å². The van der Waals surface area contributed by atoms with E-state index in [1.807, 2.05) is 37.3 Å². The normalized spacial score (nSPS) is 13.2. The van der Waals surface area contributed by atoms with Crippen LogP contribution in [0.3, 0.4) is 0 Å². The SMILES string of the molecule is Cc1ccc2c(c1)OCC(c1nnc(-c3ccc(N)cc3)o1)=C2. The van der Waals surface area contributed by atoms with Gasteiger partial charge in [-0.3, -0.25) is 0 Å². The minimum atomic E-state index is 0.416. The number of fused-ring (bicyclic) bond motifs is 1. The van der Waals surface area contributed by atoms with Crippen molar-refractivity contribution in [1.29, 1.82) is 0 Å². The van der Waals surface area contributed by atoms with Crippen molar-refractivity contribution in [3.05, 3.63) is 59.5 Å². The number of hydrogen-bond donors (Lipinski definition) is 1. The van der Waals surface area contributed by atoms with Crippen molar-refractivity contribution in [2.45, 2.75) is 6.92 Å². The molecule has 0 saturated carbocycles. The average Bonchev–Trinajstić information content (AvgIpc) is 3.05. The van der Waals surface area contributed by atoms with Crippen LogP contribution in [-0.2, 0) is 0 Å². The molecule has 0 saturated heterocycles. The summed E-state index contributed by atoms with van der Waals surface area (Å²) in [5.41, 5.74) is 10.3. The Hall–Kier alpha value is -3.08. The minimum Gasteiger partial charge on any atom is -0.488 e. The van der Waals surface area contributed by atoms with E-state index in [4.69, 9.17) is 14.9 Å². The first-order chi connectivity index (χ1) is 11.2. The second kappa shape index (κ2) is 5.28. The van der Waals surface area contributed by atoms with Gasteiger partial charge in [0.2, 0.25) is 11.8 Å². The summed E-state index contributed by atoms with van der Waals surface area (Å²) in [6.07, 6.45) is 2.03. The molecule has 0 bridgehead atoms. The molecule has 0 amide bonds. The van der Waals surface area contributed by atoms with Crippen LogP contribution in [0.25, 0.3) is 23.1 Å². The van der Waals surface area contributed by atoms with Crippen LogP contribution in [0.5, 0.6) is 5.75 Å². The Bertz CT molecular complexity index is 895. The van der Waals surface area contributed by atoms with E-state index in [-0.39, 0.29) is 0 Å². The third-order valence-corrected chi connectivity index (χ3v) is 3.74. The maximum Gasteiger partial charge on any atom is 0.248 e. The van der Waals surface area contributed by atoms with Gasteiger partial charge >= 0.3 is 0 Å². The number of nitrogens with zero attached hydrogens (tertiary/aromatic N) is 2. The van der Waals surface area contributed by atoms with Crippen molar-refractivity contribution in [1.82, 2.24) is 10.2 Å². The highest BCUT2D eigenvalue weighted by atomic mass is 16.5. The Morgan fingerprint density at radius 3 is 2.61 bits per heavy atom. The minimum absolute atomic E-state index is 0.416. The lowest BCUT2D eigenvalue weighted by Crippen LogP contribution is -2.07. The van der Waals surface area contributed by atoms with E-state index in [0.717, 1.165) is 22.4 Å². The molecular weight excluding hydrogens is 290 g/mol. The predicted molar refractivity (Wildman–Crippen MR) is 88.7 cm³/mol. The zero-order chi connectivity index (χ0) is 15.8. The second-order valence-electron chi connectivity index (χ2n) is 5.53.